The molecule has 1 aliphatic heterocycles. The first kappa shape index (κ1) is 7.52. The summed E-state index contributed by atoms with van der Waals surface area (Å²) >= 11 is 0. The van der Waals surface area contributed by atoms with E-state index in [9.17, 15) is 8.42 Å². The smallest absolute Gasteiger partial charge is 0.211 e. The number of hydrogen-bond acceptors (Lipinski definition) is 3. The zero-order valence-electron chi connectivity index (χ0n) is 6.40. The Balaban J connectivity index is 2.06. The highest BCUT2D eigenvalue weighted by atomic mass is 32.2. The van der Waals surface area contributed by atoms with E-state index in [4.69, 9.17) is 5.73 Å². The summed E-state index contributed by atoms with van der Waals surface area (Å²) in [6, 6.07) is 0.271. The number of sulfonamides is 1. The van der Waals surface area contributed by atoms with Crippen molar-refractivity contribution in [3.8, 4) is 0 Å². The van der Waals surface area contributed by atoms with Crippen molar-refractivity contribution in [2.24, 2.45) is 17.6 Å². The Bertz CT molecular complexity index is 262. The second kappa shape index (κ2) is 1.97. The van der Waals surface area contributed by atoms with E-state index in [-0.39, 0.29) is 6.04 Å². The van der Waals surface area contributed by atoms with E-state index in [0.29, 0.717) is 24.9 Å². The molecule has 2 unspecified atom stereocenters. The minimum Gasteiger partial charge on any atom is -0.327 e. The molecule has 1 aliphatic carbocycles. The lowest BCUT2D eigenvalue weighted by Gasteiger charge is -2.14. The highest BCUT2D eigenvalue weighted by molar-refractivity contribution is 7.88. The number of rotatable bonds is 1. The van der Waals surface area contributed by atoms with E-state index in [2.05, 4.69) is 0 Å². The SMILES string of the molecule is CS(=O)(=O)N1CC2C(N)C2C1. The Kier molecular flexibility index (Phi) is 1.34. The summed E-state index contributed by atoms with van der Waals surface area (Å²) in [6.07, 6.45) is 1.25. The van der Waals surface area contributed by atoms with Crippen LogP contribution in [0.15, 0.2) is 0 Å². The van der Waals surface area contributed by atoms with Crippen molar-refractivity contribution < 1.29 is 8.42 Å². The van der Waals surface area contributed by atoms with Gasteiger partial charge in [-0.15, -0.1) is 0 Å². The molecule has 64 valence electrons. The molecule has 0 radical (unpaired) electrons. The molecule has 0 aromatic heterocycles. The Labute approximate surface area is 66.4 Å². The van der Waals surface area contributed by atoms with E-state index < -0.39 is 10.0 Å². The van der Waals surface area contributed by atoms with Gasteiger partial charge in [0.2, 0.25) is 10.0 Å². The third kappa shape index (κ3) is 1.07. The van der Waals surface area contributed by atoms with E-state index in [1.807, 2.05) is 0 Å². The molecule has 2 fully saturated rings. The van der Waals surface area contributed by atoms with E-state index in [1.54, 1.807) is 0 Å². The Morgan fingerprint density at radius 2 is 1.82 bits per heavy atom. The molecule has 1 heterocycles. The molecule has 0 amide bonds. The van der Waals surface area contributed by atoms with Gasteiger partial charge in [-0.1, -0.05) is 0 Å². The van der Waals surface area contributed by atoms with Gasteiger partial charge in [0, 0.05) is 19.1 Å². The van der Waals surface area contributed by atoms with Crippen LogP contribution in [0.4, 0.5) is 0 Å². The number of piperidine rings is 1. The van der Waals surface area contributed by atoms with Crippen LogP contribution in [0.1, 0.15) is 0 Å². The fraction of sp³-hybridized carbons (Fsp3) is 1.00. The summed E-state index contributed by atoms with van der Waals surface area (Å²) in [7, 11) is -2.95. The first-order chi connectivity index (χ1) is 5.00. The van der Waals surface area contributed by atoms with Crippen molar-refractivity contribution >= 4 is 10.0 Å². The first-order valence-electron chi connectivity index (χ1n) is 3.71. The molecule has 1 saturated heterocycles. The fourth-order valence-corrected chi connectivity index (χ4v) is 2.69. The molecule has 5 heteroatoms. The van der Waals surface area contributed by atoms with Gasteiger partial charge in [0.25, 0.3) is 0 Å². The van der Waals surface area contributed by atoms with Crippen molar-refractivity contribution in [3.05, 3.63) is 0 Å². The topological polar surface area (TPSA) is 63.4 Å². The van der Waals surface area contributed by atoms with Crippen molar-refractivity contribution in [2.75, 3.05) is 19.3 Å². The number of nitrogens with zero attached hydrogens (tertiary/aromatic N) is 1. The molecular formula is C6H12N2O2S. The van der Waals surface area contributed by atoms with Crippen LogP contribution in [0.5, 0.6) is 0 Å². The van der Waals surface area contributed by atoms with E-state index in [1.165, 1.54) is 10.6 Å². The second-order valence-electron chi connectivity index (χ2n) is 3.49. The summed E-state index contributed by atoms with van der Waals surface area (Å²) in [4.78, 5) is 0. The van der Waals surface area contributed by atoms with Crippen LogP contribution in [0.25, 0.3) is 0 Å². The Hall–Kier alpha value is -0.130. The van der Waals surface area contributed by atoms with Crippen LogP contribution in [0, 0.1) is 11.8 Å². The Morgan fingerprint density at radius 1 is 1.36 bits per heavy atom. The predicted octanol–water partition coefficient (Wildman–Crippen LogP) is -1.17. The van der Waals surface area contributed by atoms with Crippen molar-refractivity contribution in [3.63, 3.8) is 0 Å². The second-order valence-corrected chi connectivity index (χ2v) is 5.47. The molecule has 0 aromatic rings. The van der Waals surface area contributed by atoms with Crippen molar-refractivity contribution in [1.82, 2.24) is 4.31 Å². The lowest BCUT2D eigenvalue weighted by Crippen LogP contribution is -2.32. The van der Waals surface area contributed by atoms with Gasteiger partial charge in [-0.05, 0) is 11.8 Å². The average Bonchev–Trinajstić information content (AvgIpc) is 2.39. The molecular weight excluding hydrogens is 164 g/mol. The molecule has 2 aliphatic rings. The van der Waals surface area contributed by atoms with E-state index in [0.717, 1.165) is 0 Å². The highest BCUT2D eigenvalue weighted by Crippen LogP contribution is 2.44. The minimum atomic E-state index is -2.95. The van der Waals surface area contributed by atoms with Gasteiger partial charge in [-0.3, -0.25) is 0 Å². The van der Waals surface area contributed by atoms with Crippen LogP contribution < -0.4 is 5.73 Å². The third-order valence-corrected chi connectivity index (χ3v) is 3.93. The number of hydrogen-bond donors (Lipinski definition) is 1. The molecule has 2 rings (SSSR count). The van der Waals surface area contributed by atoms with Crippen molar-refractivity contribution in [1.29, 1.82) is 0 Å². The van der Waals surface area contributed by atoms with Gasteiger partial charge >= 0.3 is 0 Å². The first-order valence-corrected chi connectivity index (χ1v) is 5.55. The summed E-state index contributed by atoms with van der Waals surface area (Å²) in [5.74, 6) is 0.898. The van der Waals surface area contributed by atoms with Gasteiger partial charge in [-0.25, -0.2) is 12.7 Å². The van der Waals surface area contributed by atoms with Crippen LogP contribution in [0.3, 0.4) is 0 Å². The van der Waals surface area contributed by atoms with Gasteiger partial charge in [-0.2, -0.15) is 0 Å². The summed E-state index contributed by atoms with van der Waals surface area (Å²) in [5, 5.41) is 0. The summed E-state index contributed by atoms with van der Waals surface area (Å²) in [6.45, 7) is 1.29. The zero-order chi connectivity index (χ0) is 8.22. The average molecular weight is 176 g/mol. The van der Waals surface area contributed by atoms with Gasteiger partial charge in [0.15, 0.2) is 0 Å². The van der Waals surface area contributed by atoms with Gasteiger partial charge in [0.05, 0.1) is 6.26 Å². The fourth-order valence-electron chi connectivity index (χ4n) is 1.80. The maximum absolute atomic E-state index is 11.0. The largest absolute Gasteiger partial charge is 0.327 e. The molecule has 2 atom stereocenters. The molecule has 0 bridgehead atoms. The van der Waals surface area contributed by atoms with Crippen LogP contribution >= 0.6 is 0 Å². The van der Waals surface area contributed by atoms with Gasteiger partial charge < -0.3 is 5.73 Å². The number of nitrogens with two attached hydrogens (primary N) is 1. The molecule has 0 spiro atoms. The summed E-state index contributed by atoms with van der Waals surface area (Å²) in [5.41, 5.74) is 5.66. The zero-order valence-corrected chi connectivity index (χ0v) is 7.21. The minimum absolute atomic E-state index is 0.271. The van der Waals surface area contributed by atoms with Crippen LogP contribution in [-0.2, 0) is 10.0 Å². The maximum Gasteiger partial charge on any atom is 0.211 e. The molecule has 1 saturated carbocycles. The molecule has 0 aromatic carbocycles. The third-order valence-electron chi connectivity index (χ3n) is 2.70. The quantitative estimate of drug-likeness (QED) is 0.548. The lowest BCUT2D eigenvalue weighted by molar-refractivity contribution is 0.436. The normalized spacial score (nSPS) is 44.0. The van der Waals surface area contributed by atoms with Crippen molar-refractivity contribution in [2.45, 2.75) is 6.04 Å². The monoisotopic (exact) mass is 176 g/mol. The predicted molar refractivity (Wildman–Crippen MR) is 41.4 cm³/mol. The standard InChI is InChI=1S/C6H12N2O2S/c1-11(9,10)8-2-4-5(3-8)6(4)7/h4-6H,2-3,7H2,1H3. The van der Waals surface area contributed by atoms with Crippen LogP contribution in [-0.4, -0.2) is 38.1 Å². The Morgan fingerprint density at radius 3 is 2.18 bits per heavy atom. The number of fused-ring (bicyclic) bond motifs is 1. The summed E-state index contributed by atoms with van der Waals surface area (Å²) < 4.78 is 23.5. The molecule has 11 heavy (non-hydrogen) atoms. The maximum atomic E-state index is 11.0. The molecule has 4 nitrogen and oxygen atoms in total. The lowest BCUT2D eigenvalue weighted by atomic mass is 10.4. The van der Waals surface area contributed by atoms with E-state index >= 15 is 0 Å². The molecule has 2 N–H and O–H groups in total. The van der Waals surface area contributed by atoms with Crippen LogP contribution in [0.2, 0.25) is 0 Å². The van der Waals surface area contributed by atoms with Gasteiger partial charge in [0.1, 0.15) is 0 Å². The highest BCUT2D eigenvalue weighted by Gasteiger charge is 2.55.